The third-order valence-corrected chi connectivity index (χ3v) is 13.2. The van der Waals surface area contributed by atoms with E-state index in [0.29, 0.717) is 0 Å². The van der Waals surface area contributed by atoms with Gasteiger partial charge in [-0.15, -0.1) is 0 Å². The van der Waals surface area contributed by atoms with Gasteiger partial charge >= 0.3 is 0 Å². The highest BCUT2D eigenvalue weighted by atomic mass is 31.1. The van der Waals surface area contributed by atoms with E-state index in [9.17, 15) is 0 Å². The number of hydrogen-bond donors (Lipinski definition) is 0. The molecule has 0 fully saturated rings. The Morgan fingerprint density at radius 2 is 0.696 bits per heavy atom. The summed E-state index contributed by atoms with van der Waals surface area (Å²) in [5, 5.41) is 0. The minimum absolute atomic E-state index is 0.646. The largest absolute Gasteiger partial charge is 0.256 e. The molecular formula is C42H42N2P2. The molecule has 0 aliphatic rings. The van der Waals surface area contributed by atoms with Crippen LogP contribution in [-0.4, -0.2) is 9.97 Å². The first-order valence-electron chi connectivity index (χ1n) is 16.0. The van der Waals surface area contributed by atoms with Crippen LogP contribution in [0.25, 0.3) is 11.1 Å². The van der Waals surface area contributed by atoms with Gasteiger partial charge in [-0.05, 0) is 103 Å². The van der Waals surface area contributed by atoms with Crippen LogP contribution >= 0.6 is 15.8 Å². The number of aromatic nitrogens is 2. The Bertz CT molecular complexity index is 1700. The average molecular weight is 637 g/mol. The lowest BCUT2D eigenvalue weighted by atomic mass is 10.1. The van der Waals surface area contributed by atoms with Crippen LogP contribution in [-0.2, 0) is 24.6 Å². The van der Waals surface area contributed by atoms with Gasteiger partial charge in [0.1, 0.15) is 0 Å². The Hall–Kier alpha value is -3.96. The smallest absolute Gasteiger partial charge is 0.0716 e. The molecule has 6 aromatic rings. The van der Waals surface area contributed by atoms with Crippen LogP contribution in [0.1, 0.15) is 44.5 Å². The number of hydrogen-bond acceptors (Lipinski definition) is 2. The summed E-state index contributed by atoms with van der Waals surface area (Å²) in [6.07, 6.45) is 7.94. The Kier molecular flexibility index (Phi) is 10.5. The molecule has 0 spiro atoms. The fourth-order valence-electron chi connectivity index (χ4n) is 6.25. The molecule has 0 saturated heterocycles. The van der Waals surface area contributed by atoms with Crippen LogP contribution < -0.4 is 10.9 Å². The Balaban J connectivity index is 1.45. The summed E-state index contributed by atoms with van der Waals surface area (Å²) in [5.74, 6) is 0. The van der Waals surface area contributed by atoms with Crippen molar-refractivity contribution in [3.05, 3.63) is 178 Å². The lowest BCUT2D eigenvalue weighted by molar-refractivity contribution is 1.27. The third kappa shape index (κ3) is 8.24. The van der Waals surface area contributed by atoms with Crippen LogP contribution in [0.5, 0.6) is 0 Å². The van der Waals surface area contributed by atoms with Crippen LogP contribution in [0.15, 0.2) is 134 Å². The maximum absolute atomic E-state index is 5.19. The fourth-order valence-corrected chi connectivity index (χ4v) is 11.2. The van der Waals surface area contributed by atoms with E-state index < -0.39 is 15.8 Å². The first-order chi connectivity index (χ1) is 22.4. The number of benzene rings is 4. The van der Waals surface area contributed by atoms with Gasteiger partial charge in [0.25, 0.3) is 0 Å². The molecule has 0 unspecified atom stereocenters. The van der Waals surface area contributed by atoms with Crippen molar-refractivity contribution in [2.75, 3.05) is 0 Å². The standard InChI is InChI=1S/C42H42N2P2/c1-31-11-5-15-35(23-31)27-45(28-36-16-6-12-32(2)24-36)41-39(19-9-21-43-41)40-20-10-22-44-42(40)46(29-37-17-7-13-33(3)25-37)30-38-18-8-14-34(4)26-38/h5-26H,27-30H2,1-4H3. The maximum Gasteiger partial charge on any atom is 0.0716 e. The molecule has 0 N–H and O–H groups in total. The predicted octanol–water partition coefficient (Wildman–Crippen LogP) is 10.4. The summed E-state index contributed by atoms with van der Waals surface area (Å²) in [4.78, 5) is 10.4. The van der Waals surface area contributed by atoms with Crippen molar-refractivity contribution >= 4 is 26.7 Å². The highest BCUT2D eigenvalue weighted by Gasteiger charge is 2.24. The van der Waals surface area contributed by atoms with E-state index in [1.54, 1.807) is 0 Å². The van der Waals surface area contributed by atoms with Crippen LogP contribution in [0.2, 0.25) is 0 Å². The molecule has 2 nitrogen and oxygen atoms in total. The first-order valence-corrected chi connectivity index (χ1v) is 19.5. The second-order valence-corrected chi connectivity index (χ2v) is 16.7. The maximum atomic E-state index is 5.19. The van der Waals surface area contributed by atoms with Gasteiger partial charge in [-0.25, -0.2) is 0 Å². The molecule has 0 aliphatic heterocycles. The molecule has 0 radical (unpaired) electrons. The highest BCUT2D eigenvalue weighted by molar-refractivity contribution is 7.65. The molecule has 0 atom stereocenters. The molecule has 4 aromatic carbocycles. The van der Waals surface area contributed by atoms with Crippen molar-refractivity contribution in [1.82, 2.24) is 9.97 Å². The zero-order valence-electron chi connectivity index (χ0n) is 27.3. The summed E-state index contributed by atoms with van der Waals surface area (Å²) in [6, 6.07) is 44.7. The predicted molar refractivity (Wildman–Crippen MR) is 200 cm³/mol. The normalized spacial score (nSPS) is 11.3. The van der Waals surface area contributed by atoms with E-state index in [1.165, 1.54) is 66.5 Å². The lowest BCUT2D eigenvalue weighted by Gasteiger charge is -2.24. The monoisotopic (exact) mass is 636 g/mol. The van der Waals surface area contributed by atoms with Gasteiger partial charge in [0, 0.05) is 23.5 Å². The van der Waals surface area contributed by atoms with E-state index in [2.05, 4.69) is 149 Å². The molecule has 6 rings (SSSR count). The van der Waals surface area contributed by atoms with Crippen LogP contribution in [0, 0.1) is 27.7 Å². The summed E-state index contributed by atoms with van der Waals surface area (Å²) < 4.78 is 0. The molecule has 230 valence electrons. The number of pyridine rings is 2. The molecular weight excluding hydrogens is 594 g/mol. The minimum Gasteiger partial charge on any atom is -0.256 e. The minimum atomic E-state index is -0.646. The second kappa shape index (κ2) is 15.1. The average Bonchev–Trinajstić information content (AvgIpc) is 3.04. The van der Waals surface area contributed by atoms with E-state index in [4.69, 9.17) is 9.97 Å². The molecule has 2 heterocycles. The van der Waals surface area contributed by atoms with Gasteiger partial charge in [0.05, 0.1) is 10.9 Å². The Labute approximate surface area is 277 Å². The van der Waals surface area contributed by atoms with E-state index in [0.717, 1.165) is 24.6 Å². The lowest BCUT2D eigenvalue weighted by Crippen LogP contribution is -2.18. The molecule has 4 heteroatoms. The Morgan fingerprint density at radius 3 is 0.978 bits per heavy atom. The molecule has 0 amide bonds. The zero-order valence-corrected chi connectivity index (χ0v) is 29.1. The topological polar surface area (TPSA) is 25.8 Å². The number of nitrogens with zero attached hydrogens (tertiary/aromatic N) is 2. The van der Waals surface area contributed by atoms with Crippen LogP contribution in [0.3, 0.4) is 0 Å². The molecule has 0 saturated carbocycles. The van der Waals surface area contributed by atoms with Crippen LogP contribution in [0.4, 0.5) is 0 Å². The van der Waals surface area contributed by atoms with E-state index in [1.807, 2.05) is 12.4 Å². The SMILES string of the molecule is Cc1cccc(CP(Cc2cccc(C)c2)c2ncccc2-c2cccnc2P(Cc2cccc(C)c2)Cc2cccc(C)c2)c1. The first kappa shape index (κ1) is 32.0. The van der Waals surface area contributed by atoms with Crippen molar-refractivity contribution in [1.29, 1.82) is 0 Å². The highest BCUT2D eigenvalue weighted by Crippen LogP contribution is 2.47. The number of rotatable bonds is 11. The molecule has 2 aromatic heterocycles. The van der Waals surface area contributed by atoms with Crippen molar-refractivity contribution in [3.63, 3.8) is 0 Å². The van der Waals surface area contributed by atoms with Gasteiger partial charge in [0.2, 0.25) is 0 Å². The zero-order chi connectivity index (χ0) is 31.9. The molecule has 46 heavy (non-hydrogen) atoms. The van der Waals surface area contributed by atoms with Gasteiger partial charge < -0.3 is 0 Å². The van der Waals surface area contributed by atoms with Gasteiger partial charge in [0.15, 0.2) is 0 Å². The second-order valence-electron chi connectivity index (χ2n) is 12.4. The van der Waals surface area contributed by atoms with E-state index >= 15 is 0 Å². The molecule has 0 bridgehead atoms. The van der Waals surface area contributed by atoms with Crippen molar-refractivity contribution in [2.24, 2.45) is 0 Å². The van der Waals surface area contributed by atoms with Crippen molar-refractivity contribution in [2.45, 2.75) is 52.3 Å². The number of aryl methyl sites for hydroxylation is 4. The van der Waals surface area contributed by atoms with Crippen molar-refractivity contribution in [3.8, 4) is 11.1 Å². The summed E-state index contributed by atoms with van der Waals surface area (Å²) in [5.41, 5.74) is 15.6. The summed E-state index contributed by atoms with van der Waals surface area (Å²) >= 11 is 0. The summed E-state index contributed by atoms with van der Waals surface area (Å²) in [7, 11) is -1.29. The van der Waals surface area contributed by atoms with Gasteiger partial charge in [-0.1, -0.05) is 131 Å². The van der Waals surface area contributed by atoms with Gasteiger partial charge in [-0.3, -0.25) is 9.97 Å². The Morgan fingerprint density at radius 1 is 0.391 bits per heavy atom. The van der Waals surface area contributed by atoms with E-state index in [-0.39, 0.29) is 0 Å². The summed E-state index contributed by atoms with van der Waals surface area (Å²) in [6.45, 7) is 8.74. The third-order valence-electron chi connectivity index (χ3n) is 8.29. The fraction of sp³-hybridized carbons (Fsp3) is 0.190. The quantitative estimate of drug-likeness (QED) is 0.132. The molecule has 0 aliphatic carbocycles. The van der Waals surface area contributed by atoms with Crippen molar-refractivity contribution < 1.29 is 0 Å². The van der Waals surface area contributed by atoms with Gasteiger partial charge in [-0.2, -0.15) is 0 Å².